The minimum absolute atomic E-state index is 0.217. The summed E-state index contributed by atoms with van der Waals surface area (Å²) in [5.74, 6) is -0.938. The molecule has 4 nitrogen and oxygen atoms in total. The average Bonchev–Trinajstić information content (AvgIpc) is 2.12. The zero-order valence-electron chi connectivity index (χ0n) is 8.70. The van der Waals surface area contributed by atoms with E-state index in [-0.39, 0.29) is 12.2 Å². The fourth-order valence-corrected chi connectivity index (χ4v) is 1.14. The van der Waals surface area contributed by atoms with Gasteiger partial charge in [-0.25, -0.2) is 4.79 Å². The Morgan fingerprint density at radius 3 is 2.50 bits per heavy atom. The van der Waals surface area contributed by atoms with E-state index in [4.69, 9.17) is 10.2 Å². The van der Waals surface area contributed by atoms with Crippen LogP contribution >= 0.6 is 0 Å². The van der Waals surface area contributed by atoms with Gasteiger partial charge in [-0.2, -0.15) is 0 Å². The van der Waals surface area contributed by atoms with E-state index >= 15 is 0 Å². The van der Waals surface area contributed by atoms with Crippen LogP contribution in [0.2, 0.25) is 0 Å². The number of unbranched alkanes of at least 4 members (excludes halogenated alkanes) is 2. The largest absolute Gasteiger partial charge is 0.478 e. The molecule has 0 aromatic rings. The van der Waals surface area contributed by atoms with Crippen LogP contribution in [0, 0.1) is 0 Å². The van der Waals surface area contributed by atoms with Gasteiger partial charge in [0.2, 0.25) is 0 Å². The molecule has 0 saturated carbocycles. The molecule has 0 unspecified atom stereocenters. The smallest absolute Gasteiger partial charge is 0.332 e. The Balaban J connectivity index is 3.50. The van der Waals surface area contributed by atoms with Crippen molar-refractivity contribution < 1.29 is 15.0 Å². The first kappa shape index (κ1) is 13.1. The van der Waals surface area contributed by atoms with E-state index in [2.05, 4.69) is 6.58 Å². The summed E-state index contributed by atoms with van der Waals surface area (Å²) in [6.45, 7) is 4.92. The average molecular weight is 201 g/mol. The predicted octanol–water partition coefficient (Wildman–Crippen LogP) is 0.722. The minimum atomic E-state index is -0.938. The van der Waals surface area contributed by atoms with Gasteiger partial charge in [-0.3, -0.25) is 0 Å². The third-order valence-electron chi connectivity index (χ3n) is 1.96. The maximum Gasteiger partial charge on any atom is 0.332 e. The monoisotopic (exact) mass is 201 g/mol. The van der Waals surface area contributed by atoms with Crippen LogP contribution in [0.5, 0.6) is 0 Å². The third-order valence-corrected chi connectivity index (χ3v) is 1.96. The van der Waals surface area contributed by atoms with Crippen LogP contribution in [0.15, 0.2) is 12.2 Å². The molecule has 0 radical (unpaired) electrons. The van der Waals surface area contributed by atoms with Gasteiger partial charge in [0.05, 0.1) is 0 Å². The summed E-state index contributed by atoms with van der Waals surface area (Å²) in [5, 5.41) is 17.1. The van der Waals surface area contributed by atoms with Crippen molar-refractivity contribution in [3.8, 4) is 0 Å². The molecule has 0 fully saturated rings. The van der Waals surface area contributed by atoms with Crippen molar-refractivity contribution in [2.75, 3.05) is 26.7 Å². The maximum absolute atomic E-state index is 10.5. The predicted molar refractivity (Wildman–Crippen MR) is 55.2 cm³/mol. The summed E-state index contributed by atoms with van der Waals surface area (Å²) in [5.41, 5.74) is 0.217. The molecule has 0 saturated heterocycles. The summed E-state index contributed by atoms with van der Waals surface area (Å²) in [6, 6.07) is 0. The number of aliphatic hydroxyl groups excluding tert-OH is 1. The Morgan fingerprint density at radius 2 is 2.00 bits per heavy atom. The first-order chi connectivity index (χ1) is 6.57. The lowest BCUT2D eigenvalue weighted by Gasteiger charge is -2.15. The zero-order chi connectivity index (χ0) is 11.0. The lowest BCUT2D eigenvalue weighted by molar-refractivity contribution is -0.132. The second kappa shape index (κ2) is 7.53. The number of carboxylic acids is 1. The second-order valence-electron chi connectivity index (χ2n) is 3.43. The molecule has 2 N–H and O–H groups in total. The molecule has 0 rings (SSSR count). The molecule has 14 heavy (non-hydrogen) atoms. The fourth-order valence-electron chi connectivity index (χ4n) is 1.14. The summed E-state index contributed by atoms with van der Waals surface area (Å²) < 4.78 is 0. The van der Waals surface area contributed by atoms with Crippen molar-refractivity contribution in [2.45, 2.75) is 19.3 Å². The van der Waals surface area contributed by atoms with E-state index in [1.54, 1.807) is 0 Å². The lowest BCUT2D eigenvalue weighted by Crippen LogP contribution is -2.24. The van der Waals surface area contributed by atoms with E-state index in [0.717, 1.165) is 25.8 Å². The van der Waals surface area contributed by atoms with Crippen molar-refractivity contribution in [2.24, 2.45) is 0 Å². The second-order valence-corrected chi connectivity index (χ2v) is 3.43. The molecule has 0 spiro atoms. The normalized spacial score (nSPS) is 10.5. The third kappa shape index (κ3) is 6.62. The number of carboxylic acid groups (broad SMARTS) is 1. The number of carbonyl (C=O) groups is 1. The van der Waals surface area contributed by atoms with E-state index in [1.165, 1.54) is 0 Å². The van der Waals surface area contributed by atoms with Crippen LogP contribution in [-0.4, -0.2) is 47.8 Å². The Kier molecular flexibility index (Phi) is 7.06. The number of aliphatic hydroxyl groups is 1. The number of nitrogens with zero attached hydrogens (tertiary/aromatic N) is 1. The van der Waals surface area contributed by atoms with Gasteiger partial charge < -0.3 is 15.1 Å². The molecule has 0 aromatic carbocycles. The van der Waals surface area contributed by atoms with Gasteiger partial charge in [-0.05, 0) is 32.9 Å². The van der Waals surface area contributed by atoms with Gasteiger partial charge in [-0.1, -0.05) is 6.58 Å². The van der Waals surface area contributed by atoms with Gasteiger partial charge in [0.15, 0.2) is 0 Å². The maximum atomic E-state index is 10.5. The SMILES string of the molecule is C=C(CN(C)CCCCCO)C(=O)O. The van der Waals surface area contributed by atoms with Crippen LogP contribution in [-0.2, 0) is 4.79 Å². The topological polar surface area (TPSA) is 60.8 Å². The number of aliphatic carboxylic acids is 1. The van der Waals surface area contributed by atoms with Gasteiger partial charge in [0.25, 0.3) is 0 Å². The molecule has 0 aliphatic heterocycles. The molecule has 0 aliphatic rings. The van der Waals surface area contributed by atoms with Crippen molar-refractivity contribution in [1.82, 2.24) is 4.90 Å². The van der Waals surface area contributed by atoms with Gasteiger partial charge >= 0.3 is 5.97 Å². The van der Waals surface area contributed by atoms with Crippen molar-refractivity contribution in [1.29, 1.82) is 0 Å². The number of likely N-dealkylation sites (N-methyl/N-ethyl adjacent to an activating group) is 1. The molecule has 82 valence electrons. The van der Waals surface area contributed by atoms with Crippen LogP contribution < -0.4 is 0 Å². The molecule has 0 aliphatic carbocycles. The van der Waals surface area contributed by atoms with Gasteiger partial charge in [0.1, 0.15) is 0 Å². The van der Waals surface area contributed by atoms with E-state index < -0.39 is 5.97 Å². The molecule has 0 bridgehead atoms. The van der Waals surface area contributed by atoms with E-state index in [9.17, 15) is 4.79 Å². The quantitative estimate of drug-likeness (QED) is 0.449. The van der Waals surface area contributed by atoms with Crippen molar-refractivity contribution >= 4 is 5.97 Å². The highest BCUT2D eigenvalue weighted by atomic mass is 16.4. The van der Waals surface area contributed by atoms with Crippen molar-refractivity contribution in [3.63, 3.8) is 0 Å². The number of rotatable bonds is 8. The highest BCUT2D eigenvalue weighted by molar-refractivity contribution is 5.86. The zero-order valence-corrected chi connectivity index (χ0v) is 8.70. The highest BCUT2D eigenvalue weighted by Gasteiger charge is 2.06. The highest BCUT2D eigenvalue weighted by Crippen LogP contribution is 1.99. The Bertz CT molecular complexity index is 192. The number of hydrogen-bond donors (Lipinski definition) is 2. The Labute approximate surface area is 84.8 Å². The first-order valence-electron chi connectivity index (χ1n) is 4.78. The lowest BCUT2D eigenvalue weighted by atomic mass is 10.2. The Morgan fingerprint density at radius 1 is 1.36 bits per heavy atom. The van der Waals surface area contributed by atoms with Gasteiger partial charge in [0, 0.05) is 18.7 Å². The van der Waals surface area contributed by atoms with Crippen LogP contribution in [0.4, 0.5) is 0 Å². The van der Waals surface area contributed by atoms with Crippen LogP contribution in [0.25, 0.3) is 0 Å². The molecular formula is C10H19NO3. The van der Waals surface area contributed by atoms with Crippen molar-refractivity contribution in [3.05, 3.63) is 12.2 Å². The van der Waals surface area contributed by atoms with Crippen LogP contribution in [0.3, 0.4) is 0 Å². The Hall–Kier alpha value is -0.870. The molecule has 4 heteroatoms. The molecular weight excluding hydrogens is 182 g/mol. The summed E-state index contributed by atoms with van der Waals surface area (Å²) >= 11 is 0. The van der Waals surface area contributed by atoms with E-state index in [1.807, 2.05) is 11.9 Å². The molecule has 0 atom stereocenters. The fraction of sp³-hybridized carbons (Fsp3) is 0.700. The minimum Gasteiger partial charge on any atom is -0.478 e. The summed E-state index contributed by atoms with van der Waals surface area (Å²) in [7, 11) is 1.87. The summed E-state index contributed by atoms with van der Waals surface area (Å²) in [4.78, 5) is 12.4. The standard InChI is InChI=1S/C10H19NO3/c1-9(10(13)14)8-11(2)6-4-3-5-7-12/h12H,1,3-8H2,2H3,(H,13,14). The first-order valence-corrected chi connectivity index (χ1v) is 4.78. The van der Waals surface area contributed by atoms with E-state index in [0.29, 0.717) is 6.54 Å². The molecule has 0 aromatic heterocycles. The number of hydrogen-bond acceptors (Lipinski definition) is 3. The summed E-state index contributed by atoms with van der Waals surface area (Å²) in [6.07, 6.45) is 2.76. The van der Waals surface area contributed by atoms with Gasteiger partial charge in [-0.15, -0.1) is 0 Å². The molecule has 0 heterocycles. The van der Waals surface area contributed by atoms with Crippen LogP contribution in [0.1, 0.15) is 19.3 Å². The molecule has 0 amide bonds.